The Balaban J connectivity index is 1.88. The lowest BCUT2D eigenvalue weighted by Gasteiger charge is -2.06. The fourth-order valence-electron chi connectivity index (χ4n) is 1.90. The van der Waals surface area contributed by atoms with Crippen molar-refractivity contribution >= 4 is 17.5 Å². The molecule has 0 unspecified atom stereocenters. The van der Waals surface area contributed by atoms with Crippen LogP contribution in [0.5, 0.6) is 5.75 Å². The van der Waals surface area contributed by atoms with Crippen LogP contribution in [0.15, 0.2) is 34.7 Å². The van der Waals surface area contributed by atoms with Gasteiger partial charge in [-0.1, -0.05) is 24.9 Å². The number of carbonyl (C=O) groups excluding carboxylic acids is 1. The maximum atomic E-state index is 11.8. The second-order valence-corrected chi connectivity index (χ2v) is 5.48. The van der Waals surface area contributed by atoms with E-state index in [4.69, 9.17) is 20.8 Å². The predicted molar refractivity (Wildman–Crippen MR) is 86.5 cm³/mol. The van der Waals surface area contributed by atoms with E-state index in [0.717, 1.165) is 18.4 Å². The van der Waals surface area contributed by atoms with Gasteiger partial charge in [0.1, 0.15) is 18.1 Å². The number of hydrogen-bond donors (Lipinski definition) is 1. The normalized spacial score (nSPS) is 10.5. The molecular formula is C17H20ClNO3. The molecule has 1 aromatic carbocycles. The molecule has 0 aliphatic heterocycles. The van der Waals surface area contributed by atoms with Gasteiger partial charge in [0, 0.05) is 11.6 Å². The Morgan fingerprint density at radius 1 is 1.32 bits per heavy atom. The SMILES string of the molecule is CCCCNC(=O)c1ccc(COc2ccc(Cl)c(C)c2)o1. The maximum Gasteiger partial charge on any atom is 0.286 e. The molecule has 22 heavy (non-hydrogen) atoms. The highest BCUT2D eigenvalue weighted by Crippen LogP contribution is 2.22. The van der Waals surface area contributed by atoms with E-state index in [1.807, 2.05) is 13.0 Å². The Hall–Kier alpha value is -1.94. The van der Waals surface area contributed by atoms with Gasteiger partial charge >= 0.3 is 0 Å². The van der Waals surface area contributed by atoms with Gasteiger partial charge in [-0.2, -0.15) is 0 Å². The maximum absolute atomic E-state index is 11.8. The second-order valence-electron chi connectivity index (χ2n) is 5.08. The van der Waals surface area contributed by atoms with E-state index >= 15 is 0 Å². The lowest BCUT2D eigenvalue weighted by molar-refractivity contribution is 0.0921. The molecule has 1 aromatic heterocycles. The molecule has 2 rings (SSSR count). The largest absolute Gasteiger partial charge is 0.486 e. The number of amides is 1. The van der Waals surface area contributed by atoms with Crippen molar-refractivity contribution in [2.45, 2.75) is 33.3 Å². The Morgan fingerprint density at radius 2 is 2.14 bits per heavy atom. The zero-order chi connectivity index (χ0) is 15.9. The molecule has 0 saturated heterocycles. The molecule has 1 N–H and O–H groups in total. The Kier molecular flexibility index (Phi) is 5.90. The minimum Gasteiger partial charge on any atom is -0.486 e. The van der Waals surface area contributed by atoms with Crippen LogP contribution in [0.25, 0.3) is 0 Å². The summed E-state index contributed by atoms with van der Waals surface area (Å²) in [6.07, 6.45) is 2.00. The summed E-state index contributed by atoms with van der Waals surface area (Å²) in [4.78, 5) is 11.8. The number of ether oxygens (including phenoxy) is 1. The first-order valence-electron chi connectivity index (χ1n) is 7.36. The summed E-state index contributed by atoms with van der Waals surface area (Å²) in [5, 5.41) is 3.52. The molecule has 0 aliphatic carbocycles. The third kappa shape index (κ3) is 4.53. The highest BCUT2D eigenvalue weighted by atomic mass is 35.5. The summed E-state index contributed by atoms with van der Waals surface area (Å²) in [7, 11) is 0. The van der Waals surface area contributed by atoms with E-state index < -0.39 is 0 Å². The topological polar surface area (TPSA) is 51.5 Å². The molecule has 4 nitrogen and oxygen atoms in total. The number of carbonyl (C=O) groups is 1. The van der Waals surface area contributed by atoms with Gasteiger partial charge < -0.3 is 14.5 Å². The van der Waals surface area contributed by atoms with Gasteiger partial charge in [-0.05, 0) is 49.2 Å². The van der Waals surface area contributed by atoms with Crippen molar-refractivity contribution in [3.63, 3.8) is 0 Å². The van der Waals surface area contributed by atoms with Crippen LogP contribution in [0.3, 0.4) is 0 Å². The zero-order valence-corrected chi connectivity index (χ0v) is 13.6. The van der Waals surface area contributed by atoms with Gasteiger partial charge in [-0.25, -0.2) is 0 Å². The van der Waals surface area contributed by atoms with Crippen LogP contribution in [0.2, 0.25) is 5.02 Å². The number of unbranched alkanes of at least 4 members (excludes halogenated alkanes) is 1. The number of aryl methyl sites for hydroxylation is 1. The molecule has 5 heteroatoms. The third-order valence-electron chi connectivity index (χ3n) is 3.21. The average molecular weight is 322 g/mol. The molecule has 0 fully saturated rings. The van der Waals surface area contributed by atoms with Crippen LogP contribution in [0, 0.1) is 6.92 Å². The van der Waals surface area contributed by atoms with Gasteiger partial charge in [-0.3, -0.25) is 4.79 Å². The van der Waals surface area contributed by atoms with Crippen LogP contribution in [0.4, 0.5) is 0 Å². The summed E-state index contributed by atoms with van der Waals surface area (Å²) in [5.74, 6) is 1.43. The number of nitrogens with one attached hydrogen (secondary N) is 1. The lowest BCUT2D eigenvalue weighted by Crippen LogP contribution is -2.23. The number of rotatable bonds is 7. The molecule has 0 saturated carbocycles. The van der Waals surface area contributed by atoms with E-state index in [2.05, 4.69) is 12.2 Å². The highest BCUT2D eigenvalue weighted by molar-refractivity contribution is 6.31. The van der Waals surface area contributed by atoms with E-state index in [0.29, 0.717) is 28.8 Å². The van der Waals surface area contributed by atoms with Crippen molar-refractivity contribution in [3.05, 3.63) is 52.4 Å². The molecule has 118 valence electrons. The highest BCUT2D eigenvalue weighted by Gasteiger charge is 2.11. The van der Waals surface area contributed by atoms with Gasteiger partial charge in [0.15, 0.2) is 5.76 Å². The summed E-state index contributed by atoms with van der Waals surface area (Å²) >= 11 is 5.97. The molecule has 0 aliphatic rings. The molecule has 1 amide bonds. The number of benzene rings is 1. The van der Waals surface area contributed by atoms with Gasteiger partial charge in [0.25, 0.3) is 5.91 Å². The van der Waals surface area contributed by atoms with Crippen molar-refractivity contribution in [1.82, 2.24) is 5.32 Å². The van der Waals surface area contributed by atoms with Crippen LogP contribution >= 0.6 is 11.6 Å². The fourth-order valence-corrected chi connectivity index (χ4v) is 2.02. The quantitative estimate of drug-likeness (QED) is 0.771. The van der Waals surface area contributed by atoms with Crippen LogP contribution < -0.4 is 10.1 Å². The monoisotopic (exact) mass is 321 g/mol. The van der Waals surface area contributed by atoms with Crippen molar-refractivity contribution in [1.29, 1.82) is 0 Å². The van der Waals surface area contributed by atoms with E-state index in [9.17, 15) is 4.79 Å². The molecule has 2 aromatic rings. The Labute approximate surface area is 135 Å². The molecule has 0 spiro atoms. The first kappa shape index (κ1) is 16.4. The first-order chi connectivity index (χ1) is 10.6. The minimum absolute atomic E-state index is 0.193. The molecule has 1 heterocycles. The smallest absolute Gasteiger partial charge is 0.286 e. The summed E-state index contributed by atoms with van der Waals surface area (Å²) in [5.41, 5.74) is 0.953. The van der Waals surface area contributed by atoms with E-state index in [1.54, 1.807) is 24.3 Å². The van der Waals surface area contributed by atoms with Crippen molar-refractivity contribution in [3.8, 4) is 5.75 Å². The van der Waals surface area contributed by atoms with Gasteiger partial charge in [-0.15, -0.1) is 0 Å². The van der Waals surface area contributed by atoms with E-state index in [1.165, 1.54) is 0 Å². The third-order valence-corrected chi connectivity index (χ3v) is 3.64. The minimum atomic E-state index is -0.193. The lowest BCUT2D eigenvalue weighted by atomic mass is 10.2. The van der Waals surface area contributed by atoms with Crippen LogP contribution in [-0.4, -0.2) is 12.5 Å². The first-order valence-corrected chi connectivity index (χ1v) is 7.74. The van der Waals surface area contributed by atoms with Crippen LogP contribution in [-0.2, 0) is 6.61 Å². The standard InChI is InChI=1S/C17H20ClNO3/c1-3-4-9-19-17(20)16-8-6-14(22-16)11-21-13-5-7-15(18)12(2)10-13/h5-8,10H,3-4,9,11H2,1-2H3,(H,19,20). The Bertz CT molecular complexity index is 637. The van der Waals surface area contributed by atoms with Crippen molar-refractivity contribution < 1.29 is 13.9 Å². The number of hydrogen-bond acceptors (Lipinski definition) is 3. The molecule has 0 radical (unpaired) electrons. The predicted octanol–water partition coefficient (Wildman–Crippen LogP) is 4.35. The molecule has 0 bridgehead atoms. The zero-order valence-electron chi connectivity index (χ0n) is 12.8. The summed E-state index contributed by atoms with van der Waals surface area (Å²) in [6, 6.07) is 8.87. The summed E-state index contributed by atoms with van der Waals surface area (Å²) < 4.78 is 11.1. The van der Waals surface area contributed by atoms with Gasteiger partial charge in [0.05, 0.1) is 0 Å². The molecule has 0 atom stereocenters. The fraction of sp³-hybridized carbons (Fsp3) is 0.353. The van der Waals surface area contributed by atoms with E-state index in [-0.39, 0.29) is 12.5 Å². The Morgan fingerprint density at radius 3 is 2.86 bits per heavy atom. The average Bonchev–Trinajstić information content (AvgIpc) is 2.98. The number of halogens is 1. The summed E-state index contributed by atoms with van der Waals surface area (Å²) in [6.45, 7) is 4.92. The number of furan rings is 1. The van der Waals surface area contributed by atoms with Gasteiger partial charge in [0.2, 0.25) is 0 Å². The molecular weight excluding hydrogens is 302 g/mol. The van der Waals surface area contributed by atoms with Crippen LogP contribution in [0.1, 0.15) is 41.6 Å². The van der Waals surface area contributed by atoms with Crippen molar-refractivity contribution in [2.24, 2.45) is 0 Å². The van der Waals surface area contributed by atoms with Crippen molar-refractivity contribution in [2.75, 3.05) is 6.54 Å². The second kappa shape index (κ2) is 7.90.